The highest BCUT2D eigenvalue weighted by Crippen LogP contribution is 2.39. The Hall–Kier alpha value is -1.26. The molecule has 3 rings (SSSR count). The lowest BCUT2D eigenvalue weighted by molar-refractivity contribution is 0.0440. The van der Waals surface area contributed by atoms with Crippen molar-refractivity contribution in [3.8, 4) is 0 Å². The summed E-state index contributed by atoms with van der Waals surface area (Å²) in [5.74, 6) is 0.574. The number of hydrogen-bond acceptors (Lipinski definition) is 3. The quantitative estimate of drug-likeness (QED) is 0.939. The van der Waals surface area contributed by atoms with Crippen molar-refractivity contribution in [1.82, 2.24) is 14.5 Å². The van der Waals surface area contributed by atoms with Gasteiger partial charge in [0, 0.05) is 17.1 Å². The molecule has 1 aliphatic carbocycles. The van der Waals surface area contributed by atoms with E-state index >= 15 is 0 Å². The molecule has 1 aromatic heterocycles. The maximum Gasteiger partial charge on any atom is 0.201 e. The molecule has 0 atom stereocenters. The third-order valence-electron chi connectivity index (χ3n) is 4.43. The van der Waals surface area contributed by atoms with Crippen LogP contribution >= 0.6 is 11.6 Å². The maximum atomic E-state index is 6.08. The average molecular weight is 279 g/mol. The van der Waals surface area contributed by atoms with Crippen molar-refractivity contribution in [2.24, 2.45) is 0 Å². The molecule has 102 valence electrons. The summed E-state index contributed by atoms with van der Waals surface area (Å²) in [5, 5.41) is 0.697. The summed E-state index contributed by atoms with van der Waals surface area (Å²) < 4.78 is 2.12. The van der Waals surface area contributed by atoms with Gasteiger partial charge in [-0.3, -0.25) is 0 Å². The van der Waals surface area contributed by atoms with Crippen molar-refractivity contribution < 1.29 is 0 Å². The minimum atomic E-state index is 0.224. The summed E-state index contributed by atoms with van der Waals surface area (Å²) in [6.07, 6.45) is 3.72. The molecule has 0 spiro atoms. The first-order valence-corrected chi connectivity index (χ1v) is 6.98. The van der Waals surface area contributed by atoms with Gasteiger partial charge in [-0.1, -0.05) is 11.6 Å². The van der Waals surface area contributed by atoms with Gasteiger partial charge in [-0.15, -0.1) is 0 Å². The largest absolute Gasteiger partial charge is 0.369 e. The van der Waals surface area contributed by atoms with Crippen LogP contribution in [0.25, 0.3) is 11.0 Å². The molecule has 5 heteroatoms. The molecule has 4 nitrogen and oxygen atoms in total. The molecule has 0 saturated heterocycles. The van der Waals surface area contributed by atoms with Crippen LogP contribution in [0.5, 0.6) is 0 Å². The Morgan fingerprint density at radius 2 is 2.16 bits per heavy atom. The molecular weight excluding hydrogens is 260 g/mol. The molecule has 0 aliphatic heterocycles. The highest BCUT2D eigenvalue weighted by Gasteiger charge is 2.40. The van der Waals surface area contributed by atoms with Gasteiger partial charge in [-0.05, 0) is 51.6 Å². The summed E-state index contributed by atoms with van der Waals surface area (Å²) in [5.41, 5.74) is 8.24. The van der Waals surface area contributed by atoms with Crippen molar-refractivity contribution in [2.75, 3.05) is 19.8 Å². The molecule has 1 aromatic carbocycles. The van der Waals surface area contributed by atoms with Crippen LogP contribution in [0.15, 0.2) is 18.2 Å². The molecule has 1 fully saturated rings. The van der Waals surface area contributed by atoms with Crippen molar-refractivity contribution in [2.45, 2.75) is 31.3 Å². The Morgan fingerprint density at radius 3 is 2.74 bits per heavy atom. The fourth-order valence-corrected chi connectivity index (χ4v) is 3.08. The molecule has 1 aliphatic rings. The van der Waals surface area contributed by atoms with E-state index in [-0.39, 0.29) is 5.54 Å². The van der Waals surface area contributed by atoms with E-state index in [4.69, 9.17) is 17.3 Å². The second-order valence-corrected chi connectivity index (χ2v) is 6.10. The Bertz CT molecular complexity index is 613. The number of nitrogen functional groups attached to an aromatic ring is 1. The van der Waals surface area contributed by atoms with Crippen molar-refractivity contribution in [3.63, 3.8) is 0 Å². The zero-order chi connectivity index (χ0) is 13.6. The first-order valence-electron chi connectivity index (χ1n) is 6.61. The molecule has 0 unspecified atom stereocenters. The summed E-state index contributed by atoms with van der Waals surface area (Å²) >= 11 is 6.00. The molecule has 0 bridgehead atoms. The fraction of sp³-hybridized carbons (Fsp3) is 0.500. The monoisotopic (exact) mass is 278 g/mol. The van der Waals surface area contributed by atoms with Crippen LogP contribution in [-0.4, -0.2) is 34.1 Å². The third-order valence-corrected chi connectivity index (χ3v) is 4.66. The molecule has 0 amide bonds. The highest BCUT2D eigenvalue weighted by molar-refractivity contribution is 6.31. The number of benzene rings is 1. The minimum absolute atomic E-state index is 0.224. The van der Waals surface area contributed by atoms with E-state index in [1.165, 1.54) is 19.3 Å². The van der Waals surface area contributed by atoms with E-state index < -0.39 is 0 Å². The number of imidazole rings is 1. The summed E-state index contributed by atoms with van der Waals surface area (Å²) in [6, 6.07) is 5.76. The maximum absolute atomic E-state index is 6.08. The van der Waals surface area contributed by atoms with Crippen LogP contribution in [0.1, 0.15) is 19.3 Å². The van der Waals surface area contributed by atoms with Gasteiger partial charge in [0.15, 0.2) is 0 Å². The lowest BCUT2D eigenvalue weighted by atomic mass is 9.75. The second kappa shape index (κ2) is 4.39. The zero-order valence-electron chi connectivity index (χ0n) is 11.4. The number of rotatable bonds is 3. The lowest BCUT2D eigenvalue weighted by Gasteiger charge is -2.47. The molecule has 1 saturated carbocycles. The summed E-state index contributed by atoms with van der Waals surface area (Å²) in [4.78, 5) is 6.73. The van der Waals surface area contributed by atoms with Crippen molar-refractivity contribution in [3.05, 3.63) is 23.2 Å². The van der Waals surface area contributed by atoms with Crippen LogP contribution in [0, 0.1) is 0 Å². The molecule has 0 radical (unpaired) electrons. The van der Waals surface area contributed by atoms with E-state index in [2.05, 4.69) is 28.5 Å². The highest BCUT2D eigenvalue weighted by atomic mass is 35.5. The topological polar surface area (TPSA) is 47.1 Å². The van der Waals surface area contributed by atoms with Gasteiger partial charge >= 0.3 is 0 Å². The average Bonchev–Trinajstić information content (AvgIpc) is 2.58. The van der Waals surface area contributed by atoms with Gasteiger partial charge in [0.05, 0.1) is 11.0 Å². The number of halogens is 1. The van der Waals surface area contributed by atoms with Crippen molar-refractivity contribution >= 4 is 28.6 Å². The number of fused-ring (bicyclic) bond motifs is 1. The van der Waals surface area contributed by atoms with E-state index in [0.717, 1.165) is 17.6 Å². The van der Waals surface area contributed by atoms with Gasteiger partial charge in [-0.25, -0.2) is 4.98 Å². The molecule has 2 N–H and O–H groups in total. The van der Waals surface area contributed by atoms with E-state index in [1.54, 1.807) is 0 Å². The van der Waals surface area contributed by atoms with Crippen LogP contribution < -0.4 is 5.73 Å². The number of hydrogen-bond donors (Lipinski definition) is 1. The fourth-order valence-electron chi connectivity index (χ4n) is 2.91. The first-order chi connectivity index (χ1) is 9.02. The first kappa shape index (κ1) is 12.8. The van der Waals surface area contributed by atoms with E-state index in [0.29, 0.717) is 11.0 Å². The standard InChI is InChI=1S/C14H19ClN4/c1-18(2)14(6-3-7-14)9-19-12-5-4-10(15)8-11(12)17-13(19)16/h4-5,8H,3,6-7,9H2,1-2H3,(H2,16,17). The number of likely N-dealkylation sites (N-methyl/N-ethyl adjacent to an activating group) is 1. The van der Waals surface area contributed by atoms with Gasteiger partial charge in [-0.2, -0.15) is 0 Å². The van der Waals surface area contributed by atoms with Crippen LogP contribution in [0.2, 0.25) is 5.02 Å². The Morgan fingerprint density at radius 1 is 1.42 bits per heavy atom. The summed E-state index contributed by atoms with van der Waals surface area (Å²) in [6.45, 7) is 0.893. The van der Waals surface area contributed by atoms with E-state index in [9.17, 15) is 0 Å². The smallest absolute Gasteiger partial charge is 0.201 e. The number of anilines is 1. The van der Waals surface area contributed by atoms with Gasteiger partial charge < -0.3 is 15.2 Å². The number of nitrogens with two attached hydrogens (primary N) is 1. The van der Waals surface area contributed by atoms with Gasteiger partial charge in [0.2, 0.25) is 5.95 Å². The van der Waals surface area contributed by atoms with Gasteiger partial charge in [0.25, 0.3) is 0 Å². The Kier molecular flexibility index (Phi) is 2.95. The normalized spacial score (nSPS) is 17.9. The number of aromatic nitrogens is 2. The zero-order valence-corrected chi connectivity index (χ0v) is 12.1. The predicted octanol–water partition coefficient (Wildman–Crippen LogP) is 2.76. The molecule has 2 aromatic rings. The van der Waals surface area contributed by atoms with Gasteiger partial charge in [0.1, 0.15) is 0 Å². The summed E-state index contributed by atoms with van der Waals surface area (Å²) in [7, 11) is 4.29. The van der Waals surface area contributed by atoms with Crippen LogP contribution in [0.4, 0.5) is 5.95 Å². The SMILES string of the molecule is CN(C)C1(Cn2c(N)nc3cc(Cl)ccc32)CCC1. The third kappa shape index (κ3) is 1.99. The lowest BCUT2D eigenvalue weighted by Crippen LogP contribution is -2.53. The molecule has 19 heavy (non-hydrogen) atoms. The van der Waals surface area contributed by atoms with Crippen LogP contribution in [-0.2, 0) is 6.54 Å². The molecular formula is C14H19ClN4. The molecule has 1 heterocycles. The Labute approximate surface area is 118 Å². The van der Waals surface area contributed by atoms with Crippen molar-refractivity contribution in [1.29, 1.82) is 0 Å². The predicted molar refractivity (Wildman–Crippen MR) is 79.4 cm³/mol. The van der Waals surface area contributed by atoms with Crippen LogP contribution in [0.3, 0.4) is 0 Å². The minimum Gasteiger partial charge on any atom is -0.369 e. The van der Waals surface area contributed by atoms with E-state index in [1.807, 2.05) is 18.2 Å². The Balaban J connectivity index is 2.03. The number of nitrogens with zero attached hydrogens (tertiary/aromatic N) is 3. The second-order valence-electron chi connectivity index (χ2n) is 5.66.